The summed E-state index contributed by atoms with van der Waals surface area (Å²) in [6, 6.07) is 6.16. The molecule has 1 saturated carbocycles. The predicted molar refractivity (Wildman–Crippen MR) is 85.0 cm³/mol. The summed E-state index contributed by atoms with van der Waals surface area (Å²) in [5, 5.41) is 0. The van der Waals surface area contributed by atoms with Crippen molar-refractivity contribution < 1.29 is 9.53 Å². The molecule has 1 aromatic carbocycles. The summed E-state index contributed by atoms with van der Waals surface area (Å²) in [6.45, 7) is 4.21. The van der Waals surface area contributed by atoms with E-state index >= 15 is 0 Å². The molecule has 0 bridgehead atoms. The number of fused-ring (bicyclic) bond motifs is 1. The third-order valence-electron chi connectivity index (χ3n) is 5.68. The van der Waals surface area contributed by atoms with E-state index in [0.717, 1.165) is 12.2 Å². The van der Waals surface area contributed by atoms with E-state index in [1.165, 1.54) is 43.2 Å². The van der Waals surface area contributed by atoms with E-state index in [-0.39, 0.29) is 11.3 Å². The van der Waals surface area contributed by atoms with Crippen LogP contribution in [-0.2, 0) is 10.2 Å². The molecule has 0 N–H and O–H groups in total. The molecule has 114 valence electrons. The Labute approximate surface area is 127 Å². The van der Waals surface area contributed by atoms with Gasteiger partial charge in [-0.3, -0.25) is 4.79 Å². The number of ether oxygens (including phenoxy) is 1. The smallest absolute Gasteiger partial charge is 0.150 e. The molecule has 0 amide bonds. The van der Waals surface area contributed by atoms with Crippen LogP contribution in [0.25, 0.3) is 0 Å². The molecule has 21 heavy (non-hydrogen) atoms. The Kier molecular flexibility index (Phi) is 3.81. The highest BCUT2D eigenvalue weighted by Gasteiger charge is 2.47. The fourth-order valence-electron chi connectivity index (χ4n) is 4.45. The zero-order chi connectivity index (χ0) is 15.0. The molecule has 1 fully saturated rings. The van der Waals surface area contributed by atoms with E-state index in [4.69, 9.17) is 4.74 Å². The number of carbonyl (C=O) groups excluding carboxylic acids is 1. The molecular formula is C19H26O2. The number of Topliss-reactive ketones (excluding diaryl/α,β-unsaturated/α-hetero) is 1. The van der Waals surface area contributed by atoms with Crippen LogP contribution >= 0.6 is 0 Å². The molecule has 2 aliphatic rings. The van der Waals surface area contributed by atoms with E-state index in [1.807, 2.05) is 6.07 Å². The zero-order valence-corrected chi connectivity index (χ0v) is 13.4. The van der Waals surface area contributed by atoms with Crippen molar-refractivity contribution >= 4 is 5.78 Å². The van der Waals surface area contributed by atoms with Gasteiger partial charge in [0.1, 0.15) is 11.5 Å². The summed E-state index contributed by atoms with van der Waals surface area (Å²) < 4.78 is 5.38. The van der Waals surface area contributed by atoms with E-state index in [0.29, 0.717) is 11.7 Å². The fourth-order valence-corrected chi connectivity index (χ4v) is 4.45. The molecule has 0 heterocycles. The van der Waals surface area contributed by atoms with Gasteiger partial charge in [-0.05, 0) is 42.5 Å². The molecule has 2 atom stereocenters. The van der Waals surface area contributed by atoms with Crippen molar-refractivity contribution in [2.75, 3.05) is 7.11 Å². The minimum absolute atomic E-state index is 0.0273. The Morgan fingerprint density at radius 3 is 2.62 bits per heavy atom. The number of benzene rings is 1. The molecule has 0 spiro atoms. The molecule has 2 nitrogen and oxygen atoms in total. The summed E-state index contributed by atoms with van der Waals surface area (Å²) in [5.41, 5.74) is 2.11. The highest BCUT2D eigenvalue weighted by Crippen LogP contribution is 2.49. The van der Waals surface area contributed by atoms with Gasteiger partial charge in [-0.25, -0.2) is 0 Å². The van der Waals surface area contributed by atoms with Gasteiger partial charge < -0.3 is 4.74 Å². The first kappa shape index (κ1) is 14.6. The van der Waals surface area contributed by atoms with Crippen molar-refractivity contribution in [3.63, 3.8) is 0 Å². The quantitative estimate of drug-likeness (QED) is 0.811. The van der Waals surface area contributed by atoms with E-state index in [2.05, 4.69) is 26.0 Å². The molecule has 1 aromatic rings. The Bertz CT molecular complexity index is 542. The SMILES string of the molecule is COc1ccc2c(c1)C(C)(CC1CCCCC1)C(=O)C2C. The molecule has 2 unspecified atom stereocenters. The second-order valence-electron chi connectivity index (χ2n) is 7.08. The Morgan fingerprint density at radius 2 is 1.95 bits per heavy atom. The fraction of sp³-hybridized carbons (Fsp3) is 0.632. The average Bonchev–Trinajstić information content (AvgIpc) is 2.70. The van der Waals surface area contributed by atoms with Gasteiger partial charge in [-0.2, -0.15) is 0 Å². The summed E-state index contributed by atoms with van der Waals surface area (Å²) >= 11 is 0. The van der Waals surface area contributed by atoms with Gasteiger partial charge in [0.25, 0.3) is 0 Å². The van der Waals surface area contributed by atoms with Gasteiger partial charge in [0.2, 0.25) is 0 Å². The van der Waals surface area contributed by atoms with Crippen LogP contribution in [0.1, 0.15) is 69.4 Å². The third kappa shape index (κ3) is 2.39. The molecule has 0 radical (unpaired) electrons. The van der Waals surface area contributed by atoms with Crippen LogP contribution < -0.4 is 4.74 Å². The van der Waals surface area contributed by atoms with Crippen LogP contribution in [-0.4, -0.2) is 12.9 Å². The Balaban J connectivity index is 1.95. The lowest BCUT2D eigenvalue weighted by Crippen LogP contribution is -2.32. The van der Waals surface area contributed by atoms with Crippen LogP contribution in [0.2, 0.25) is 0 Å². The molecule has 2 aliphatic carbocycles. The van der Waals surface area contributed by atoms with Crippen molar-refractivity contribution in [1.29, 1.82) is 0 Å². The van der Waals surface area contributed by atoms with Gasteiger partial charge in [-0.1, -0.05) is 45.1 Å². The first-order valence-corrected chi connectivity index (χ1v) is 8.29. The monoisotopic (exact) mass is 286 g/mol. The van der Waals surface area contributed by atoms with Crippen molar-refractivity contribution in [1.82, 2.24) is 0 Å². The number of ketones is 1. The highest BCUT2D eigenvalue weighted by atomic mass is 16.5. The number of carbonyl (C=O) groups is 1. The van der Waals surface area contributed by atoms with Crippen molar-refractivity contribution in [3.05, 3.63) is 29.3 Å². The summed E-state index contributed by atoms with van der Waals surface area (Å²) in [4.78, 5) is 12.9. The molecule has 0 aliphatic heterocycles. The normalized spacial score (nSPS) is 29.5. The summed E-state index contributed by atoms with van der Waals surface area (Å²) in [5.74, 6) is 2.00. The maximum Gasteiger partial charge on any atom is 0.150 e. The van der Waals surface area contributed by atoms with Gasteiger partial charge in [-0.15, -0.1) is 0 Å². The zero-order valence-electron chi connectivity index (χ0n) is 13.4. The second kappa shape index (κ2) is 5.47. The highest BCUT2D eigenvalue weighted by molar-refractivity contribution is 6.00. The summed E-state index contributed by atoms with van der Waals surface area (Å²) in [7, 11) is 1.69. The van der Waals surface area contributed by atoms with Gasteiger partial charge in [0.05, 0.1) is 12.5 Å². The molecule has 0 saturated heterocycles. The standard InChI is InChI=1S/C19H26O2/c1-13-16-10-9-15(21-3)11-17(16)19(2,18(13)20)12-14-7-5-4-6-8-14/h9-11,13-14H,4-8,12H2,1-3H3. The number of rotatable bonds is 3. The van der Waals surface area contributed by atoms with Crippen molar-refractivity contribution in [2.45, 2.75) is 63.7 Å². The van der Waals surface area contributed by atoms with E-state index in [1.54, 1.807) is 7.11 Å². The molecule has 2 heteroatoms. The van der Waals surface area contributed by atoms with Crippen LogP contribution in [0.3, 0.4) is 0 Å². The lowest BCUT2D eigenvalue weighted by Gasteiger charge is -2.31. The largest absolute Gasteiger partial charge is 0.497 e. The van der Waals surface area contributed by atoms with Crippen LogP contribution in [0, 0.1) is 5.92 Å². The van der Waals surface area contributed by atoms with Crippen LogP contribution in [0.4, 0.5) is 0 Å². The minimum atomic E-state index is -0.314. The topological polar surface area (TPSA) is 26.3 Å². The summed E-state index contributed by atoms with van der Waals surface area (Å²) in [6.07, 6.45) is 7.61. The van der Waals surface area contributed by atoms with Crippen molar-refractivity contribution in [3.8, 4) is 5.75 Å². The Hall–Kier alpha value is -1.31. The van der Waals surface area contributed by atoms with E-state index in [9.17, 15) is 4.79 Å². The van der Waals surface area contributed by atoms with Crippen LogP contribution in [0.5, 0.6) is 5.75 Å². The Morgan fingerprint density at radius 1 is 1.24 bits per heavy atom. The third-order valence-corrected chi connectivity index (χ3v) is 5.68. The van der Waals surface area contributed by atoms with Gasteiger partial charge in [0.15, 0.2) is 0 Å². The maximum atomic E-state index is 12.9. The number of hydrogen-bond donors (Lipinski definition) is 0. The van der Waals surface area contributed by atoms with Crippen LogP contribution in [0.15, 0.2) is 18.2 Å². The average molecular weight is 286 g/mol. The number of hydrogen-bond acceptors (Lipinski definition) is 2. The first-order valence-electron chi connectivity index (χ1n) is 8.29. The lowest BCUT2D eigenvalue weighted by atomic mass is 9.71. The number of methoxy groups -OCH3 is 1. The van der Waals surface area contributed by atoms with Gasteiger partial charge in [0, 0.05) is 5.92 Å². The maximum absolute atomic E-state index is 12.9. The molecule has 3 rings (SSSR count). The predicted octanol–water partition coefficient (Wildman–Crippen LogP) is 4.61. The van der Waals surface area contributed by atoms with E-state index < -0.39 is 0 Å². The molecular weight excluding hydrogens is 260 g/mol. The molecule has 0 aromatic heterocycles. The second-order valence-corrected chi connectivity index (χ2v) is 7.08. The lowest BCUT2D eigenvalue weighted by molar-refractivity contribution is -0.124. The van der Waals surface area contributed by atoms with Gasteiger partial charge >= 0.3 is 0 Å². The minimum Gasteiger partial charge on any atom is -0.497 e. The van der Waals surface area contributed by atoms with Crippen molar-refractivity contribution in [2.24, 2.45) is 5.92 Å². The first-order chi connectivity index (χ1) is 10.1.